The predicted molar refractivity (Wildman–Crippen MR) is 148 cm³/mol. The standard InChI is InChI=1S/C30H32O2P2/c1-2-3-16-30(34(32,28-21-12-6-13-22-28)29-23-14-7-15-24-29)25-33(31,26-17-8-4-9-18-26)27-19-10-5-11-20-27/h4-15,17-24,30H,2-3,16,25H2,1H3. The van der Waals surface area contributed by atoms with Gasteiger partial charge in [0.2, 0.25) is 0 Å². The lowest BCUT2D eigenvalue weighted by Gasteiger charge is -2.32. The summed E-state index contributed by atoms with van der Waals surface area (Å²) in [6.45, 7) is 2.15. The lowest BCUT2D eigenvalue weighted by atomic mass is 10.2. The lowest BCUT2D eigenvalue weighted by molar-refractivity contribution is 0.564. The molecule has 174 valence electrons. The molecular formula is C30H32O2P2. The first-order chi connectivity index (χ1) is 16.6. The van der Waals surface area contributed by atoms with Crippen molar-refractivity contribution in [3.63, 3.8) is 0 Å². The summed E-state index contributed by atoms with van der Waals surface area (Å²) in [6, 6.07) is 39.1. The van der Waals surface area contributed by atoms with Gasteiger partial charge in [-0.1, -0.05) is 141 Å². The van der Waals surface area contributed by atoms with E-state index in [0.717, 1.165) is 40.5 Å². The van der Waals surface area contributed by atoms with E-state index in [4.69, 9.17) is 0 Å². The molecule has 4 aromatic carbocycles. The van der Waals surface area contributed by atoms with Crippen LogP contribution in [0.25, 0.3) is 0 Å². The van der Waals surface area contributed by atoms with E-state index in [1.54, 1.807) is 0 Å². The Balaban J connectivity index is 1.90. The van der Waals surface area contributed by atoms with Crippen molar-refractivity contribution in [1.29, 1.82) is 0 Å². The van der Waals surface area contributed by atoms with Gasteiger partial charge >= 0.3 is 0 Å². The fourth-order valence-corrected chi connectivity index (χ4v) is 12.0. The first-order valence-corrected chi connectivity index (χ1v) is 15.7. The number of hydrogen-bond acceptors (Lipinski definition) is 2. The Kier molecular flexibility index (Phi) is 8.04. The van der Waals surface area contributed by atoms with Crippen LogP contribution in [0.15, 0.2) is 121 Å². The minimum absolute atomic E-state index is 0.233. The minimum Gasteiger partial charge on any atom is -0.314 e. The van der Waals surface area contributed by atoms with E-state index in [2.05, 4.69) is 6.92 Å². The summed E-state index contributed by atoms with van der Waals surface area (Å²) in [6.07, 6.45) is 3.09. The molecule has 34 heavy (non-hydrogen) atoms. The maximum Gasteiger partial charge on any atom is 0.146 e. The minimum atomic E-state index is -3.07. The van der Waals surface area contributed by atoms with Crippen molar-refractivity contribution in [2.75, 3.05) is 6.16 Å². The molecule has 4 rings (SSSR count). The van der Waals surface area contributed by atoms with Gasteiger partial charge in [0, 0.05) is 33.0 Å². The molecule has 0 aliphatic carbocycles. The molecule has 0 aliphatic heterocycles. The maximum atomic E-state index is 15.2. The molecule has 0 aromatic heterocycles. The first kappa shape index (κ1) is 24.5. The second-order valence-corrected chi connectivity index (χ2v) is 14.7. The molecule has 1 unspecified atom stereocenters. The highest BCUT2D eigenvalue weighted by Gasteiger charge is 2.41. The molecule has 4 aromatic rings. The van der Waals surface area contributed by atoms with Gasteiger partial charge in [-0.2, -0.15) is 0 Å². The van der Waals surface area contributed by atoms with Crippen LogP contribution in [-0.4, -0.2) is 11.8 Å². The molecule has 0 heterocycles. The Hall–Kier alpha value is -2.66. The number of unbranched alkanes of at least 4 members (excludes halogenated alkanes) is 1. The molecule has 0 N–H and O–H groups in total. The zero-order valence-corrected chi connectivity index (χ0v) is 21.5. The second-order valence-electron chi connectivity index (χ2n) is 8.72. The Bertz CT molecular complexity index is 1170. The summed E-state index contributed by atoms with van der Waals surface area (Å²) in [5, 5.41) is 3.34. The van der Waals surface area contributed by atoms with E-state index < -0.39 is 14.3 Å². The number of benzene rings is 4. The third kappa shape index (κ3) is 5.05. The third-order valence-corrected chi connectivity index (χ3v) is 13.6. The molecule has 0 spiro atoms. The molecule has 0 saturated heterocycles. The van der Waals surface area contributed by atoms with Crippen molar-refractivity contribution in [2.24, 2.45) is 0 Å². The number of rotatable bonds is 10. The smallest absolute Gasteiger partial charge is 0.146 e. The summed E-state index contributed by atoms with van der Waals surface area (Å²) in [7, 11) is -6.10. The molecule has 0 bridgehead atoms. The summed E-state index contributed by atoms with van der Waals surface area (Å²) < 4.78 is 30.2. The molecule has 1 atom stereocenters. The first-order valence-electron chi connectivity index (χ1n) is 12.0. The van der Waals surface area contributed by atoms with Gasteiger partial charge in [-0.25, -0.2) is 0 Å². The van der Waals surface area contributed by atoms with Crippen LogP contribution in [0.3, 0.4) is 0 Å². The Morgan fingerprint density at radius 1 is 0.559 bits per heavy atom. The van der Waals surface area contributed by atoms with Crippen LogP contribution in [0.5, 0.6) is 0 Å². The molecule has 0 saturated carbocycles. The average molecular weight is 487 g/mol. The highest BCUT2D eigenvalue weighted by Crippen LogP contribution is 2.57. The van der Waals surface area contributed by atoms with E-state index in [-0.39, 0.29) is 5.66 Å². The SMILES string of the molecule is CCCCC(CP(=O)(c1ccccc1)c1ccccc1)P(=O)(c1ccccc1)c1ccccc1. The topological polar surface area (TPSA) is 34.1 Å². The third-order valence-electron chi connectivity index (χ3n) is 6.50. The summed E-state index contributed by atoms with van der Waals surface area (Å²) in [4.78, 5) is 0. The average Bonchev–Trinajstić information content (AvgIpc) is 2.92. The van der Waals surface area contributed by atoms with Crippen molar-refractivity contribution >= 4 is 35.5 Å². The van der Waals surface area contributed by atoms with Crippen LogP contribution in [0.4, 0.5) is 0 Å². The molecule has 0 amide bonds. The van der Waals surface area contributed by atoms with Crippen LogP contribution in [0.1, 0.15) is 26.2 Å². The Morgan fingerprint density at radius 2 is 0.912 bits per heavy atom. The van der Waals surface area contributed by atoms with Gasteiger partial charge in [-0.3, -0.25) is 0 Å². The molecule has 0 radical (unpaired) electrons. The molecule has 2 nitrogen and oxygen atoms in total. The summed E-state index contributed by atoms with van der Waals surface area (Å²) in [5.74, 6) is 0. The van der Waals surface area contributed by atoms with Gasteiger partial charge in [0.15, 0.2) is 0 Å². The highest BCUT2D eigenvalue weighted by atomic mass is 31.2. The molecule has 0 aliphatic rings. The predicted octanol–water partition coefficient (Wildman–Crippen LogP) is 6.57. The largest absolute Gasteiger partial charge is 0.314 e. The van der Waals surface area contributed by atoms with Gasteiger partial charge < -0.3 is 9.13 Å². The second kappa shape index (κ2) is 11.2. The van der Waals surface area contributed by atoms with Crippen molar-refractivity contribution in [3.05, 3.63) is 121 Å². The van der Waals surface area contributed by atoms with Crippen LogP contribution >= 0.6 is 14.3 Å². The van der Waals surface area contributed by atoms with E-state index in [1.165, 1.54) is 0 Å². The normalized spacial score (nSPS) is 12.9. The van der Waals surface area contributed by atoms with Crippen molar-refractivity contribution < 1.29 is 9.13 Å². The van der Waals surface area contributed by atoms with E-state index in [9.17, 15) is 4.57 Å². The van der Waals surface area contributed by atoms with Gasteiger partial charge in [-0.05, 0) is 6.42 Å². The Labute approximate surface area is 203 Å². The number of hydrogen-bond donors (Lipinski definition) is 0. The van der Waals surface area contributed by atoms with Crippen molar-refractivity contribution in [3.8, 4) is 0 Å². The highest BCUT2D eigenvalue weighted by molar-refractivity contribution is 7.82. The lowest BCUT2D eigenvalue weighted by Crippen LogP contribution is -2.32. The Morgan fingerprint density at radius 3 is 1.26 bits per heavy atom. The molecule has 4 heteroatoms. The zero-order valence-electron chi connectivity index (χ0n) is 19.7. The van der Waals surface area contributed by atoms with E-state index >= 15 is 4.57 Å². The quantitative estimate of drug-likeness (QED) is 0.238. The summed E-state index contributed by atoms with van der Waals surface area (Å²) >= 11 is 0. The van der Waals surface area contributed by atoms with Gasteiger partial charge in [0.1, 0.15) is 14.3 Å². The van der Waals surface area contributed by atoms with Gasteiger partial charge in [-0.15, -0.1) is 0 Å². The molecule has 0 fully saturated rings. The fraction of sp³-hybridized carbons (Fsp3) is 0.200. The van der Waals surface area contributed by atoms with E-state index in [0.29, 0.717) is 6.16 Å². The van der Waals surface area contributed by atoms with Crippen LogP contribution in [-0.2, 0) is 9.13 Å². The van der Waals surface area contributed by atoms with Crippen LogP contribution in [0.2, 0.25) is 0 Å². The van der Waals surface area contributed by atoms with Gasteiger partial charge in [0.25, 0.3) is 0 Å². The van der Waals surface area contributed by atoms with E-state index in [1.807, 2.05) is 121 Å². The summed E-state index contributed by atoms with van der Waals surface area (Å²) in [5.41, 5.74) is -0.233. The van der Waals surface area contributed by atoms with Crippen molar-refractivity contribution in [2.45, 2.75) is 31.8 Å². The van der Waals surface area contributed by atoms with Crippen LogP contribution < -0.4 is 21.2 Å². The zero-order chi connectivity index (χ0) is 23.9. The molecular weight excluding hydrogens is 454 g/mol. The monoisotopic (exact) mass is 486 g/mol. The maximum absolute atomic E-state index is 15.2. The van der Waals surface area contributed by atoms with Crippen LogP contribution in [0, 0.1) is 0 Å². The fourth-order valence-electron chi connectivity index (χ4n) is 4.69. The van der Waals surface area contributed by atoms with Crippen molar-refractivity contribution in [1.82, 2.24) is 0 Å². The van der Waals surface area contributed by atoms with Gasteiger partial charge in [0.05, 0.1) is 0 Å².